The first-order valence-corrected chi connectivity index (χ1v) is 8.39. The SMILES string of the molecule is Cc1cc(C)c(Nc2nc3ccc(F)cc3c3c(=O)[nH]ccc23)cc1C. The largest absolute Gasteiger partial charge is 0.339 e. The van der Waals surface area contributed by atoms with Crippen LogP contribution in [-0.4, -0.2) is 9.97 Å². The number of hydrogen-bond donors (Lipinski definition) is 2. The minimum absolute atomic E-state index is 0.264. The van der Waals surface area contributed by atoms with Gasteiger partial charge in [0.25, 0.3) is 5.56 Å². The molecule has 4 rings (SSSR count). The van der Waals surface area contributed by atoms with E-state index in [0.717, 1.165) is 11.3 Å². The predicted molar refractivity (Wildman–Crippen MR) is 104 cm³/mol. The summed E-state index contributed by atoms with van der Waals surface area (Å²) in [6.45, 7) is 6.16. The molecule has 2 aromatic carbocycles. The minimum Gasteiger partial charge on any atom is -0.339 e. The van der Waals surface area contributed by atoms with Crippen LogP contribution in [0.15, 0.2) is 47.4 Å². The van der Waals surface area contributed by atoms with E-state index in [-0.39, 0.29) is 5.56 Å². The van der Waals surface area contributed by atoms with Gasteiger partial charge in [-0.2, -0.15) is 0 Å². The van der Waals surface area contributed by atoms with Crippen LogP contribution in [0.5, 0.6) is 0 Å². The molecule has 0 bridgehead atoms. The zero-order chi connectivity index (χ0) is 18.4. The molecule has 5 heteroatoms. The first kappa shape index (κ1) is 16.3. The maximum Gasteiger partial charge on any atom is 0.256 e. The topological polar surface area (TPSA) is 57.8 Å². The zero-order valence-electron chi connectivity index (χ0n) is 14.8. The Morgan fingerprint density at radius 1 is 0.962 bits per heavy atom. The number of nitrogens with one attached hydrogen (secondary N) is 2. The Hall–Kier alpha value is -3.21. The molecule has 0 saturated heterocycles. The number of rotatable bonds is 2. The van der Waals surface area contributed by atoms with Gasteiger partial charge >= 0.3 is 0 Å². The second-order valence-corrected chi connectivity index (χ2v) is 6.59. The van der Waals surface area contributed by atoms with E-state index in [1.54, 1.807) is 18.3 Å². The van der Waals surface area contributed by atoms with Crippen molar-refractivity contribution in [2.45, 2.75) is 20.8 Å². The van der Waals surface area contributed by atoms with Gasteiger partial charge in [0.1, 0.15) is 11.6 Å². The molecule has 0 aliphatic carbocycles. The highest BCUT2D eigenvalue weighted by Gasteiger charge is 2.13. The molecule has 0 aliphatic heterocycles. The average molecular weight is 347 g/mol. The molecule has 26 heavy (non-hydrogen) atoms. The van der Waals surface area contributed by atoms with E-state index in [0.29, 0.717) is 27.5 Å². The molecule has 2 aromatic heterocycles. The third-order valence-corrected chi connectivity index (χ3v) is 4.77. The van der Waals surface area contributed by atoms with Crippen molar-refractivity contribution in [1.82, 2.24) is 9.97 Å². The summed E-state index contributed by atoms with van der Waals surface area (Å²) in [6.07, 6.45) is 1.58. The third-order valence-electron chi connectivity index (χ3n) is 4.77. The fraction of sp³-hybridized carbons (Fsp3) is 0.143. The number of H-pyrrole nitrogens is 1. The Morgan fingerprint density at radius 3 is 2.54 bits per heavy atom. The number of aromatic nitrogens is 2. The maximum absolute atomic E-state index is 13.7. The van der Waals surface area contributed by atoms with Gasteiger partial charge in [-0.3, -0.25) is 4.79 Å². The summed E-state index contributed by atoms with van der Waals surface area (Å²) >= 11 is 0. The highest BCUT2D eigenvalue weighted by Crippen LogP contribution is 2.31. The summed E-state index contributed by atoms with van der Waals surface area (Å²) in [4.78, 5) is 19.8. The van der Waals surface area contributed by atoms with Crippen LogP contribution in [0.1, 0.15) is 16.7 Å². The van der Waals surface area contributed by atoms with Crippen molar-refractivity contribution in [2.75, 3.05) is 5.32 Å². The first-order chi connectivity index (χ1) is 12.4. The molecule has 0 amide bonds. The van der Waals surface area contributed by atoms with Crippen molar-refractivity contribution < 1.29 is 4.39 Å². The molecule has 130 valence electrons. The van der Waals surface area contributed by atoms with E-state index < -0.39 is 5.82 Å². The van der Waals surface area contributed by atoms with Crippen LogP contribution in [0.25, 0.3) is 21.7 Å². The van der Waals surface area contributed by atoms with Crippen molar-refractivity contribution in [2.24, 2.45) is 0 Å². The van der Waals surface area contributed by atoms with E-state index in [2.05, 4.69) is 41.3 Å². The van der Waals surface area contributed by atoms with Crippen LogP contribution >= 0.6 is 0 Å². The van der Waals surface area contributed by atoms with Crippen molar-refractivity contribution in [1.29, 1.82) is 0 Å². The van der Waals surface area contributed by atoms with E-state index in [1.807, 2.05) is 6.92 Å². The molecule has 0 saturated carbocycles. The summed E-state index contributed by atoms with van der Waals surface area (Å²) in [5, 5.41) is 4.95. The Morgan fingerprint density at radius 2 is 1.73 bits per heavy atom. The van der Waals surface area contributed by atoms with Gasteiger partial charge in [0.2, 0.25) is 0 Å². The lowest BCUT2D eigenvalue weighted by atomic mass is 10.0. The molecule has 4 aromatic rings. The predicted octanol–water partition coefficient (Wildman–Crippen LogP) is 4.88. The number of aryl methyl sites for hydroxylation is 3. The Kier molecular flexibility index (Phi) is 3.72. The highest BCUT2D eigenvalue weighted by molar-refractivity contribution is 6.10. The van der Waals surface area contributed by atoms with Crippen LogP contribution in [-0.2, 0) is 0 Å². The number of hydrogen-bond acceptors (Lipinski definition) is 3. The quantitative estimate of drug-likeness (QED) is 0.508. The fourth-order valence-corrected chi connectivity index (χ4v) is 3.25. The van der Waals surface area contributed by atoms with Gasteiger partial charge in [-0.15, -0.1) is 0 Å². The normalized spacial score (nSPS) is 11.2. The summed E-state index contributed by atoms with van der Waals surface area (Å²) in [5.41, 5.74) is 4.72. The summed E-state index contributed by atoms with van der Waals surface area (Å²) in [6, 6.07) is 10.3. The molecule has 0 radical (unpaired) electrons. The second kappa shape index (κ2) is 5.95. The Balaban J connectivity index is 2.01. The third kappa shape index (κ3) is 2.62. The second-order valence-electron chi connectivity index (χ2n) is 6.59. The highest BCUT2D eigenvalue weighted by atomic mass is 19.1. The number of benzene rings is 2. The molecule has 2 heterocycles. The van der Waals surface area contributed by atoms with Crippen LogP contribution in [0.2, 0.25) is 0 Å². The number of halogens is 1. The van der Waals surface area contributed by atoms with E-state index >= 15 is 0 Å². The van der Waals surface area contributed by atoms with E-state index in [9.17, 15) is 9.18 Å². The number of pyridine rings is 2. The number of fused-ring (bicyclic) bond motifs is 3. The van der Waals surface area contributed by atoms with Gasteiger partial charge in [0.05, 0.1) is 10.9 Å². The number of anilines is 2. The molecular formula is C21H18FN3O. The van der Waals surface area contributed by atoms with Crippen LogP contribution < -0.4 is 10.9 Å². The summed E-state index contributed by atoms with van der Waals surface area (Å²) < 4.78 is 13.7. The van der Waals surface area contributed by atoms with E-state index in [4.69, 9.17) is 0 Å². The minimum atomic E-state index is -0.394. The lowest BCUT2D eigenvalue weighted by Gasteiger charge is -2.14. The molecule has 2 N–H and O–H groups in total. The Bertz CT molecular complexity index is 1230. The Labute approximate surface area is 149 Å². The monoisotopic (exact) mass is 347 g/mol. The lowest BCUT2D eigenvalue weighted by molar-refractivity contribution is 0.629. The molecule has 0 spiro atoms. The van der Waals surface area contributed by atoms with Gasteiger partial charge in [0.15, 0.2) is 0 Å². The van der Waals surface area contributed by atoms with Gasteiger partial charge in [0, 0.05) is 22.7 Å². The molecule has 0 fully saturated rings. The van der Waals surface area contributed by atoms with Crippen molar-refractivity contribution in [3.63, 3.8) is 0 Å². The van der Waals surface area contributed by atoms with Gasteiger partial charge < -0.3 is 10.3 Å². The fourth-order valence-electron chi connectivity index (χ4n) is 3.25. The van der Waals surface area contributed by atoms with Crippen LogP contribution in [0.4, 0.5) is 15.9 Å². The molecule has 0 aliphatic rings. The van der Waals surface area contributed by atoms with Gasteiger partial charge in [-0.05, 0) is 67.8 Å². The van der Waals surface area contributed by atoms with E-state index in [1.165, 1.54) is 23.3 Å². The standard InChI is InChI=1S/C21H18FN3O/c1-11-8-13(3)18(9-12(11)2)25-20-15-6-7-23-21(26)19(15)16-10-14(22)4-5-17(16)24-20/h4-10H,1-3H3,(H,23,26)(H,24,25). The summed E-state index contributed by atoms with van der Waals surface area (Å²) in [7, 11) is 0. The first-order valence-electron chi connectivity index (χ1n) is 8.39. The lowest BCUT2D eigenvalue weighted by Crippen LogP contribution is -2.08. The maximum atomic E-state index is 13.7. The van der Waals surface area contributed by atoms with Crippen molar-refractivity contribution in [3.8, 4) is 0 Å². The van der Waals surface area contributed by atoms with Crippen molar-refractivity contribution >= 4 is 33.2 Å². The number of aromatic amines is 1. The van der Waals surface area contributed by atoms with Crippen LogP contribution in [0.3, 0.4) is 0 Å². The molecule has 0 unspecified atom stereocenters. The van der Waals surface area contributed by atoms with Gasteiger partial charge in [-0.1, -0.05) is 6.07 Å². The average Bonchev–Trinajstić information content (AvgIpc) is 2.60. The zero-order valence-corrected chi connectivity index (χ0v) is 14.8. The molecule has 4 nitrogen and oxygen atoms in total. The van der Waals surface area contributed by atoms with Crippen LogP contribution in [0, 0.1) is 26.6 Å². The van der Waals surface area contributed by atoms with Gasteiger partial charge in [-0.25, -0.2) is 9.37 Å². The molecular weight excluding hydrogens is 329 g/mol. The smallest absolute Gasteiger partial charge is 0.256 e. The number of nitrogens with zero attached hydrogens (tertiary/aromatic N) is 1. The summed E-state index contributed by atoms with van der Waals surface area (Å²) in [5.74, 6) is 0.186. The van der Waals surface area contributed by atoms with Crippen molar-refractivity contribution in [3.05, 3.63) is 75.5 Å². The molecule has 0 atom stereocenters.